The molecule has 2 fully saturated rings. The molecule has 0 unspecified atom stereocenters. The lowest BCUT2D eigenvalue weighted by Crippen LogP contribution is -2.66. The quantitative estimate of drug-likeness (QED) is 0.358. The van der Waals surface area contributed by atoms with Crippen LogP contribution in [0.4, 0.5) is 0 Å². The summed E-state index contributed by atoms with van der Waals surface area (Å²) in [5.74, 6) is 1.01. The highest BCUT2D eigenvalue weighted by atomic mass is 79.9. The van der Waals surface area contributed by atoms with Crippen LogP contribution in [0.2, 0.25) is 10.0 Å². The summed E-state index contributed by atoms with van der Waals surface area (Å²) in [5, 5.41) is 1.11. The Morgan fingerprint density at radius 3 is 2.17 bits per heavy atom. The van der Waals surface area contributed by atoms with Gasteiger partial charge in [-0.1, -0.05) is 23.2 Å². The van der Waals surface area contributed by atoms with Crippen molar-refractivity contribution in [3.05, 3.63) is 86.4 Å². The number of pyridine rings is 1. The highest BCUT2D eigenvalue weighted by Gasteiger charge is 2.49. The molecule has 0 saturated carbocycles. The summed E-state index contributed by atoms with van der Waals surface area (Å²) in [4.78, 5) is 34.2. The standard InChI is InChI=1S/C26H22BrCl2N3O3/c27-21-15-18(3-7-22(21)29)25(34)32-14-11-26(32)9-12-31(13-10-26)24(33)17-1-5-20(6-2-17)35-23-8-4-19(28)16-30-23/h1-8,15-16H,9-14H2. The molecule has 180 valence electrons. The molecule has 6 nitrogen and oxygen atoms in total. The average molecular weight is 575 g/mol. The van der Waals surface area contributed by atoms with Crippen molar-refractivity contribution in [3.63, 3.8) is 0 Å². The smallest absolute Gasteiger partial charge is 0.254 e. The molecule has 3 heterocycles. The second-order valence-corrected chi connectivity index (χ2v) is 10.5. The molecule has 35 heavy (non-hydrogen) atoms. The molecule has 0 atom stereocenters. The molecule has 0 aliphatic carbocycles. The van der Waals surface area contributed by atoms with E-state index in [0.717, 1.165) is 25.8 Å². The van der Waals surface area contributed by atoms with Crippen LogP contribution in [0.3, 0.4) is 0 Å². The second kappa shape index (κ2) is 9.80. The number of amides is 2. The molecule has 2 aromatic carbocycles. The van der Waals surface area contributed by atoms with Crippen molar-refractivity contribution in [1.29, 1.82) is 0 Å². The topological polar surface area (TPSA) is 62.7 Å². The first-order chi connectivity index (χ1) is 16.8. The molecule has 1 spiro atoms. The van der Waals surface area contributed by atoms with Gasteiger partial charge in [0.15, 0.2) is 0 Å². The van der Waals surface area contributed by atoms with Gasteiger partial charge in [-0.25, -0.2) is 4.98 Å². The Kier molecular flexibility index (Phi) is 6.75. The zero-order valence-electron chi connectivity index (χ0n) is 18.7. The Hall–Kier alpha value is -2.61. The van der Waals surface area contributed by atoms with Crippen LogP contribution in [0.15, 0.2) is 65.3 Å². The van der Waals surface area contributed by atoms with Crippen molar-refractivity contribution < 1.29 is 14.3 Å². The van der Waals surface area contributed by atoms with E-state index in [1.54, 1.807) is 54.6 Å². The maximum atomic E-state index is 13.1. The lowest BCUT2D eigenvalue weighted by molar-refractivity contribution is -0.0348. The van der Waals surface area contributed by atoms with E-state index in [4.69, 9.17) is 27.9 Å². The molecular weight excluding hydrogens is 553 g/mol. The summed E-state index contributed by atoms with van der Waals surface area (Å²) in [7, 11) is 0. The van der Waals surface area contributed by atoms with Gasteiger partial charge in [0.1, 0.15) is 5.75 Å². The monoisotopic (exact) mass is 573 g/mol. The van der Waals surface area contributed by atoms with E-state index in [0.29, 0.717) is 50.4 Å². The Balaban J connectivity index is 1.20. The summed E-state index contributed by atoms with van der Waals surface area (Å²) < 4.78 is 6.41. The number of carbonyl (C=O) groups is 2. The molecule has 2 amide bonds. The Morgan fingerprint density at radius 1 is 0.886 bits per heavy atom. The van der Waals surface area contributed by atoms with E-state index < -0.39 is 0 Å². The SMILES string of the molecule is O=C(c1ccc(Oc2ccc(Cl)cn2)cc1)N1CCC2(CC1)CCN2C(=O)c1ccc(Cl)c(Br)c1. The number of piperidine rings is 1. The van der Waals surface area contributed by atoms with Gasteiger partial charge in [-0.15, -0.1) is 0 Å². The van der Waals surface area contributed by atoms with Crippen LogP contribution >= 0.6 is 39.1 Å². The Bertz CT molecular complexity index is 1260. The predicted octanol–water partition coefficient (Wildman–Crippen LogP) is 6.46. The maximum Gasteiger partial charge on any atom is 0.254 e. The van der Waals surface area contributed by atoms with E-state index in [1.165, 1.54) is 6.20 Å². The molecule has 0 N–H and O–H groups in total. The number of hydrogen-bond donors (Lipinski definition) is 0. The van der Waals surface area contributed by atoms with Crippen LogP contribution in [-0.2, 0) is 0 Å². The number of likely N-dealkylation sites (tertiary alicyclic amines) is 2. The molecule has 2 aliphatic heterocycles. The van der Waals surface area contributed by atoms with Gasteiger partial charge in [-0.05, 0) is 83.7 Å². The third-order valence-electron chi connectivity index (χ3n) is 6.79. The summed E-state index contributed by atoms with van der Waals surface area (Å²) in [5.41, 5.74) is 1.04. The highest BCUT2D eigenvalue weighted by molar-refractivity contribution is 9.10. The number of hydrogen-bond acceptors (Lipinski definition) is 4. The van der Waals surface area contributed by atoms with E-state index in [1.807, 2.05) is 9.80 Å². The minimum Gasteiger partial charge on any atom is -0.439 e. The van der Waals surface area contributed by atoms with Crippen LogP contribution in [-0.4, -0.2) is 51.8 Å². The van der Waals surface area contributed by atoms with Gasteiger partial charge in [-0.2, -0.15) is 0 Å². The van der Waals surface area contributed by atoms with Crippen LogP contribution in [0.5, 0.6) is 11.6 Å². The molecule has 3 aromatic rings. The summed E-state index contributed by atoms with van der Waals surface area (Å²) in [6, 6.07) is 15.7. The van der Waals surface area contributed by atoms with Gasteiger partial charge >= 0.3 is 0 Å². The third kappa shape index (κ3) is 4.90. The van der Waals surface area contributed by atoms with E-state index in [2.05, 4.69) is 20.9 Å². The highest BCUT2D eigenvalue weighted by Crippen LogP contribution is 2.41. The molecule has 2 aliphatic rings. The van der Waals surface area contributed by atoms with Gasteiger partial charge in [0.2, 0.25) is 5.88 Å². The normalized spacial score (nSPS) is 16.7. The van der Waals surface area contributed by atoms with Crippen molar-refractivity contribution in [2.75, 3.05) is 19.6 Å². The molecule has 0 radical (unpaired) electrons. The van der Waals surface area contributed by atoms with Gasteiger partial charge in [-0.3, -0.25) is 9.59 Å². The van der Waals surface area contributed by atoms with E-state index in [9.17, 15) is 9.59 Å². The summed E-state index contributed by atoms with van der Waals surface area (Å²) in [6.45, 7) is 1.96. The molecule has 2 saturated heterocycles. The minimum absolute atomic E-state index is 0.0131. The molecule has 9 heteroatoms. The van der Waals surface area contributed by atoms with E-state index >= 15 is 0 Å². The van der Waals surface area contributed by atoms with Crippen molar-refractivity contribution in [2.24, 2.45) is 0 Å². The second-order valence-electron chi connectivity index (χ2n) is 8.79. The maximum absolute atomic E-state index is 13.1. The fourth-order valence-corrected chi connectivity index (χ4v) is 5.29. The average Bonchev–Trinajstić information content (AvgIpc) is 2.86. The van der Waals surface area contributed by atoms with Crippen molar-refractivity contribution in [2.45, 2.75) is 24.8 Å². The zero-order valence-corrected chi connectivity index (χ0v) is 21.8. The number of carbonyl (C=O) groups excluding carboxylic acids is 2. The molecule has 5 rings (SSSR count). The van der Waals surface area contributed by atoms with Crippen LogP contribution < -0.4 is 4.74 Å². The minimum atomic E-state index is -0.177. The lowest BCUT2D eigenvalue weighted by atomic mass is 9.76. The van der Waals surface area contributed by atoms with Crippen LogP contribution in [0, 0.1) is 0 Å². The molecule has 1 aromatic heterocycles. The van der Waals surface area contributed by atoms with Crippen molar-refractivity contribution >= 4 is 50.9 Å². The fourth-order valence-electron chi connectivity index (χ4n) is 4.68. The van der Waals surface area contributed by atoms with Gasteiger partial charge < -0.3 is 14.5 Å². The van der Waals surface area contributed by atoms with Crippen LogP contribution in [0.25, 0.3) is 0 Å². The number of rotatable bonds is 4. The first kappa shape index (κ1) is 24.1. The largest absolute Gasteiger partial charge is 0.439 e. The number of aromatic nitrogens is 1. The number of ether oxygens (including phenoxy) is 1. The van der Waals surface area contributed by atoms with Gasteiger partial charge in [0, 0.05) is 53.0 Å². The van der Waals surface area contributed by atoms with E-state index in [-0.39, 0.29) is 17.4 Å². The molecular formula is C26H22BrCl2N3O3. The first-order valence-corrected chi connectivity index (χ1v) is 12.9. The van der Waals surface area contributed by atoms with Crippen molar-refractivity contribution in [3.8, 4) is 11.6 Å². The third-order valence-corrected chi connectivity index (χ3v) is 8.23. The first-order valence-electron chi connectivity index (χ1n) is 11.3. The van der Waals surface area contributed by atoms with Crippen molar-refractivity contribution in [1.82, 2.24) is 14.8 Å². The summed E-state index contributed by atoms with van der Waals surface area (Å²) in [6.07, 6.45) is 4.01. The Labute approximate surface area is 221 Å². The Morgan fingerprint density at radius 2 is 1.57 bits per heavy atom. The number of halogens is 3. The fraction of sp³-hybridized carbons (Fsp3) is 0.269. The summed E-state index contributed by atoms with van der Waals surface area (Å²) >= 11 is 15.3. The number of benzene rings is 2. The number of nitrogens with zero attached hydrogens (tertiary/aromatic N) is 3. The van der Waals surface area contributed by atoms with Gasteiger partial charge in [0.05, 0.1) is 10.0 Å². The van der Waals surface area contributed by atoms with Gasteiger partial charge in [0.25, 0.3) is 11.8 Å². The zero-order chi connectivity index (χ0) is 24.6. The van der Waals surface area contributed by atoms with Crippen LogP contribution in [0.1, 0.15) is 40.0 Å². The lowest BCUT2D eigenvalue weighted by Gasteiger charge is -2.56. The molecule has 0 bridgehead atoms. The predicted molar refractivity (Wildman–Crippen MR) is 138 cm³/mol.